The quantitative estimate of drug-likeness (QED) is 0.852. The van der Waals surface area contributed by atoms with Gasteiger partial charge in [-0.3, -0.25) is 4.98 Å². The normalized spacial score (nSPS) is 11.8. The summed E-state index contributed by atoms with van der Waals surface area (Å²) >= 11 is 0. The van der Waals surface area contributed by atoms with Gasteiger partial charge in [0.25, 0.3) is 0 Å². The SMILES string of the molecule is COc1cc(OC)c(CNC(C)c2ccccn2)c(OC)c1. The molecular formula is C17H22N2O3. The minimum Gasteiger partial charge on any atom is -0.496 e. The van der Waals surface area contributed by atoms with Crippen LogP contribution in [0, 0.1) is 0 Å². The highest BCUT2D eigenvalue weighted by atomic mass is 16.5. The Morgan fingerprint density at radius 3 is 2.23 bits per heavy atom. The number of ether oxygens (including phenoxy) is 3. The largest absolute Gasteiger partial charge is 0.496 e. The van der Waals surface area contributed by atoms with Crippen LogP contribution in [0.3, 0.4) is 0 Å². The molecule has 0 aliphatic heterocycles. The summed E-state index contributed by atoms with van der Waals surface area (Å²) in [5.41, 5.74) is 1.95. The fourth-order valence-corrected chi connectivity index (χ4v) is 2.24. The summed E-state index contributed by atoms with van der Waals surface area (Å²) in [5, 5.41) is 3.44. The molecule has 118 valence electrons. The third kappa shape index (κ3) is 3.68. The molecule has 0 radical (unpaired) electrons. The van der Waals surface area contributed by atoms with Gasteiger partial charge in [0.15, 0.2) is 0 Å². The third-order valence-corrected chi connectivity index (χ3v) is 3.53. The Labute approximate surface area is 131 Å². The molecule has 1 aromatic heterocycles. The molecule has 2 aromatic rings. The zero-order valence-electron chi connectivity index (χ0n) is 13.4. The number of benzene rings is 1. The minimum atomic E-state index is 0.123. The van der Waals surface area contributed by atoms with Gasteiger partial charge in [0, 0.05) is 30.9 Å². The van der Waals surface area contributed by atoms with E-state index in [-0.39, 0.29) is 6.04 Å². The van der Waals surface area contributed by atoms with Crippen molar-refractivity contribution in [3.8, 4) is 17.2 Å². The second-order valence-electron chi connectivity index (χ2n) is 4.87. The van der Waals surface area contributed by atoms with Gasteiger partial charge < -0.3 is 19.5 Å². The molecule has 0 bridgehead atoms. The molecule has 0 fully saturated rings. The lowest BCUT2D eigenvalue weighted by Crippen LogP contribution is -2.19. The van der Waals surface area contributed by atoms with Gasteiger partial charge in [-0.2, -0.15) is 0 Å². The smallest absolute Gasteiger partial charge is 0.130 e. The molecule has 0 amide bonds. The van der Waals surface area contributed by atoms with Crippen LogP contribution in [0.15, 0.2) is 36.5 Å². The molecular weight excluding hydrogens is 280 g/mol. The van der Waals surface area contributed by atoms with E-state index < -0.39 is 0 Å². The molecule has 1 atom stereocenters. The number of pyridine rings is 1. The topological polar surface area (TPSA) is 52.6 Å². The van der Waals surface area contributed by atoms with E-state index >= 15 is 0 Å². The van der Waals surface area contributed by atoms with Gasteiger partial charge in [-0.1, -0.05) is 6.07 Å². The lowest BCUT2D eigenvalue weighted by molar-refractivity contribution is 0.365. The van der Waals surface area contributed by atoms with Gasteiger partial charge in [0.05, 0.1) is 32.6 Å². The highest BCUT2D eigenvalue weighted by Gasteiger charge is 2.14. The molecule has 2 rings (SSSR count). The predicted molar refractivity (Wildman–Crippen MR) is 85.6 cm³/mol. The van der Waals surface area contributed by atoms with Gasteiger partial charge >= 0.3 is 0 Å². The zero-order chi connectivity index (χ0) is 15.9. The van der Waals surface area contributed by atoms with Crippen molar-refractivity contribution in [2.45, 2.75) is 19.5 Å². The summed E-state index contributed by atoms with van der Waals surface area (Å²) in [6, 6.07) is 9.72. The number of hydrogen-bond donors (Lipinski definition) is 1. The highest BCUT2D eigenvalue weighted by Crippen LogP contribution is 2.34. The van der Waals surface area contributed by atoms with Crippen LogP contribution in [-0.4, -0.2) is 26.3 Å². The van der Waals surface area contributed by atoms with Crippen LogP contribution in [0.5, 0.6) is 17.2 Å². The average molecular weight is 302 g/mol. The van der Waals surface area contributed by atoms with Crippen LogP contribution in [-0.2, 0) is 6.54 Å². The standard InChI is InChI=1S/C17H22N2O3/c1-12(15-7-5-6-8-18-15)19-11-14-16(21-3)9-13(20-2)10-17(14)22-4/h5-10,12,19H,11H2,1-4H3. The Morgan fingerprint density at radius 2 is 1.73 bits per heavy atom. The monoisotopic (exact) mass is 302 g/mol. The van der Waals surface area contributed by atoms with E-state index in [1.54, 1.807) is 27.5 Å². The van der Waals surface area contributed by atoms with Gasteiger partial charge in [-0.05, 0) is 19.1 Å². The molecule has 5 nitrogen and oxygen atoms in total. The van der Waals surface area contributed by atoms with Gasteiger partial charge in [-0.15, -0.1) is 0 Å². The number of hydrogen-bond acceptors (Lipinski definition) is 5. The first kappa shape index (κ1) is 16.1. The van der Waals surface area contributed by atoms with Crippen molar-refractivity contribution in [3.05, 3.63) is 47.8 Å². The molecule has 1 aromatic carbocycles. The fourth-order valence-electron chi connectivity index (χ4n) is 2.24. The molecule has 22 heavy (non-hydrogen) atoms. The molecule has 0 saturated carbocycles. The Balaban J connectivity index is 2.18. The second kappa shape index (κ2) is 7.66. The molecule has 0 saturated heterocycles. The Morgan fingerprint density at radius 1 is 1.05 bits per heavy atom. The number of aromatic nitrogens is 1. The second-order valence-corrected chi connectivity index (χ2v) is 4.87. The Bertz CT molecular complexity index is 577. The summed E-state index contributed by atoms with van der Waals surface area (Å²) in [6.45, 7) is 2.68. The molecule has 0 aliphatic rings. The maximum absolute atomic E-state index is 5.45. The number of rotatable bonds is 7. The van der Waals surface area contributed by atoms with E-state index in [9.17, 15) is 0 Å². The van der Waals surface area contributed by atoms with Gasteiger partial charge in [-0.25, -0.2) is 0 Å². The number of nitrogens with zero attached hydrogens (tertiary/aromatic N) is 1. The first-order valence-electron chi connectivity index (χ1n) is 7.12. The molecule has 1 unspecified atom stereocenters. The summed E-state index contributed by atoms with van der Waals surface area (Å²) in [5.74, 6) is 2.17. The first-order valence-corrected chi connectivity index (χ1v) is 7.12. The molecule has 0 spiro atoms. The van der Waals surface area contributed by atoms with Crippen LogP contribution in [0.1, 0.15) is 24.2 Å². The lowest BCUT2D eigenvalue weighted by atomic mass is 10.1. The van der Waals surface area contributed by atoms with Gasteiger partial charge in [0.1, 0.15) is 17.2 Å². The van der Waals surface area contributed by atoms with E-state index in [0.29, 0.717) is 12.3 Å². The maximum Gasteiger partial charge on any atom is 0.130 e. The van der Waals surface area contributed by atoms with Crippen LogP contribution in [0.25, 0.3) is 0 Å². The van der Waals surface area contributed by atoms with Crippen molar-refractivity contribution in [1.82, 2.24) is 10.3 Å². The van der Waals surface area contributed by atoms with Crippen molar-refractivity contribution in [1.29, 1.82) is 0 Å². The van der Waals surface area contributed by atoms with Crippen LogP contribution < -0.4 is 19.5 Å². The van der Waals surface area contributed by atoms with E-state index in [1.165, 1.54) is 0 Å². The summed E-state index contributed by atoms with van der Waals surface area (Å²) in [7, 11) is 4.90. The van der Waals surface area contributed by atoms with Gasteiger partial charge in [0.2, 0.25) is 0 Å². The molecule has 1 N–H and O–H groups in total. The van der Waals surface area contributed by atoms with Crippen molar-refractivity contribution in [2.24, 2.45) is 0 Å². The minimum absolute atomic E-state index is 0.123. The Kier molecular flexibility index (Phi) is 5.61. The molecule has 5 heteroatoms. The predicted octanol–water partition coefficient (Wildman–Crippen LogP) is 2.96. The van der Waals surface area contributed by atoms with E-state index in [0.717, 1.165) is 22.8 Å². The lowest BCUT2D eigenvalue weighted by Gasteiger charge is -2.18. The number of nitrogens with one attached hydrogen (secondary N) is 1. The summed E-state index contributed by atoms with van der Waals surface area (Å²) in [6.07, 6.45) is 1.79. The third-order valence-electron chi connectivity index (χ3n) is 3.53. The maximum atomic E-state index is 5.45. The molecule has 0 aliphatic carbocycles. The van der Waals surface area contributed by atoms with E-state index in [4.69, 9.17) is 14.2 Å². The van der Waals surface area contributed by atoms with Crippen LogP contribution >= 0.6 is 0 Å². The number of methoxy groups -OCH3 is 3. The van der Waals surface area contributed by atoms with E-state index in [1.807, 2.05) is 30.3 Å². The van der Waals surface area contributed by atoms with Crippen molar-refractivity contribution < 1.29 is 14.2 Å². The van der Waals surface area contributed by atoms with E-state index in [2.05, 4.69) is 17.2 Å². The van der Waals surface area contributed by atoms with Crippen molar-refractivity contribution >= 4 is 0 Å². The Hall–Kier alpha value is -2.27. The average Bonchev–Trinajstić information content (AvgIpc) is 2.59. The van der Waals surface area contributed by atoms with Crippen molar-refractivity contribution in [2.75, 3.05) is 21.3 Å². The first-order chi connectivity index (χ1) is 10.7. The highest BCUT2D eigenvalue weighted by molar-refractivity contribution is 5.50. The van der Waals surface area contributed by atoms with Crippen molar-refractivity contribution in [3.63, 3.8) is 0 Å². The van der Waals surface area contributed by atoms with Crippen LogP contribution in [0.4, 0.5) is 0 Å². The van der Waals surface area contributed by atoms with Crippen LogP contribution in [0.2, 0.25) is 0 Å². The fraction of sp³-hybridized carbons (Fsp3) is 0.353. The summed E-state index contributed by atoms with van der Waals surface area (Å²) in [4.78, 5) is 4.36. The molecule has 1 heterocycles. The zero-order valence-corrected chi connectivity index (χ0v) is 13.4. The summed E-state index contributed by atoms with van der Waals surface area (Å²) < 4.78 is 16.2.